The molecule has 2 aromatic carbocycles. The molecular formula is C19H17N3O5. The lowest BCUT2D eigenvalue weighted by molar-refractivity contribution is -0.385. The van der Waals surface area contributed by atoms with Gasteiger partial charge in [0.15, 0.2) is 0 Å². The van der Waals surface area contributed by atoms with E-state index in [2.05, 4.69) is 5.32 Å². The van der Waals surface area contributed by atoms with Gasteiger partial charge in [-0.1, -0.05) is 36.4 Å². The van der Waals surface area contributed by atoms with Gasteiger partial charge in [-0.3, -0.25) is 29.4 Å². The summed E-state index contributed by atoms with van der Waals surface area (Å²) in [7, 11) is 0. The van der Waals surface area contributed by atoms with E-state index in [0.717, 1.165) is 16.5 Å². The Balaban J connectivity index is 1.83. The maximum absolute atomic E-state index is 12.7. The molecule has 0 saturated carbocycles. The molecule has 0 aromatic heterocycles. The second-order valence-corrected chi connectivity index (χ2v) is 6.25. The number of nitrogens with one attached hydrogen (secondary N) is 1. The van der Waals surface area contributed by atoms with Crippen LogP contribution in [0, 0.1) is 10.1 Å². The molecule has 0 bridgehead atoms. The van der Waals surface area contributed by atoms with Gasteiger partial charge in [0.25, 0.3) is 17.5 Å². The Labute approximate surface area is 154 Å². The third kappa shape index (κ3) is 3.17. The first-order valence-corrected chi connectivity index (χ1v) is 8.33. The number of benzene rings is 2. The number of nitro benzene ring substituents is 1. The first-order chi connectivity index (χ1) is 12.8. The number of rotatable bonds is 5. The van der Waals surface area contributed by atoms with Crippen molar-refractivity contribution in [2.24, 2.45) is 0 Å². The van der Waals surface area contributed by atoms with Crippen molar-refractivity contribution in [1.29, 1.82) is 0 Å². The fraction of sp³-hybridized carbons (Fsp3) is 0.211. The molecule has 1 aliphatic heterocycles. The maximum atomic E-state index is 12.7. The van der Waals surface area contributed by atoms with E-state index in [1.807, 2.05) is 30.3 Å². The zero-order valence-electron chi connectivity index (χ0n) is 14.7. The SMILES string of the molecule is C[C@H](NC(=O)[C@@H](C)N1C(=O)c2cccc([N+](=O)[O-])c2C1=O)c1ccccc1. The van der Waals surface area contributed by atoms with Gasteiger partial charge in [-0.15, -0.1) is 0 Å². The zero-order chi connectivity index (χ0) is 19.7. The lowest BCUT2D eigenvalue weighted by Crippen LogP contribution is -2.48. The first-order valence-electron chi connectivity index (χ1n) is 8.33. The van der Waals surface area contributed by atoms with Gasteiger partial charge in [-0.25, -0.2) is 0 Å². The van der Waals surface area contributed by atoms with Crippen LogP contribution in [0.3, 0.4) is 0 Å². The first kappa shape index (κ1) is 18.2. The summed E-state index contributed by atoms with van der Waals surface area (Å²) in [6, 6.07) is 11.6. The molecule has 0 aliphatic carbocycles. The van der Waals surface area contributed by atoms with Gasteiger partial charge in [0.2, 0.25) is 5.91 Å². The van der Waals surface area contributed by atoms with Crippen LogP contribution in [-0.2, 0) is 4.79 Å². The van der Waals surface area contributed by atoms with Crippen LogP contribution in [0.5, 0.6) is 0 Å². The number of fused-ring (bicyclic) bond motifs is 1. The highest BCUT2D eigenvalue weighted by Gasteiger charge is 2.44. The van der Waals surface area contributed by atoms with Gasteiger partial charge in [0, 0.05) is 6.07 Å². The highest BCUT2D eigenvalue weighted by molar-refractivity contribution is 6.24. The molecule has 3 amide bonds. The van der Waals surface area contributed by atoms with Crippen LogP contribution in [0.25, 0.3) is 0 Å². The van der Waals surface area contributed by atoms with E-state index in [-0.39, 0.29) is 17.2 Å². The van der Waals surface area contributed by atoms with Crippen molar-refractivity contribution in [1.82, 2.24) is 10.2 Å². The van der Waals surface area contributed by atoms with E-state index >= 15 is 0 Å². The van der Waals surface area contributed by atoms with Gasteiger partial charge >= 0.3 is 0 Å². The van der Waals surface area contributed by atoms with E-state index < -0.39 is 34.4 Å². The molecule has 0 unspecified atom stereocenters. The molecule has 8 nitrogen and oxygen atoms in total. The van der Waals surface area contributed by atoms with Crippen LogP contribution in [0.2, 0.25) is 0 Å². The Kier molecular flexibility index (Phi) is 4.72. The monoisotopic (exact) mass is 367 g/mol. The fourth-order valence-electron chi connectivity index (χ4n) is 3.07. The average molecular weight is 367 g/mol. The quantitative estimate of drug-likeness (QED) is 0.496. The van der Waals surface area contributed by atoms with E-state index in [1.54, 1.807) is 6.92 Å². The molecular weight excluding hydrogens is 350 g/mol. The Morgan fingerprint density at radius 3 is 2.33 bits per heavy atom. The summed E-state index contributed by atoms with van der Waals surface area (Å²) in [5, 5.41) is 13.9. The van der Waals surface area contributed by atoms with Gasteiger partial charge in [-0.05, 0) is 25.5 Å². The normalized spacial score (nSPS) is 15.3. The zero-order valence-corrected chi connectivity index (χ0v) is 14.7. The molecule has 1 N–H and O–H groups in total. The van der Waals surface area contributed by atoms with Crippen LogP contribution < -0.4 is 5.32 Å². The molecule has 8 heteroatoms. The van der Waals surface area contributed by atoms with Crippen LogP contribution in [0.4, 0.5) is 5.69 Å². The Morgan fingerprint density at radius 2 is 1.70 bits per heavy atom. The molecule has 138 valence electrons. The molecule has 27 heavy (non-hydrogen) atoms. The maximum Gasteiger partial charge on any atom is 0.282 e. The number of carbonyl (C=O) groups excluding carboxylic acids is 3. The Morgan fingerprint density at radius 1 is 1.04 bits per heavy atom. The van der Waals surface area contributed by atoms with Gasteiger partial charge in [0.1, 0.15) is 11.6 Å². The molecule has 0 spiro atoms. The topological polar surface area (TPSA) is 110 Å². The summed E-state index contributed by atoms with van der Waals surface area (Å²) >= 11 is 0. The third-order valence-electron chi connectivity index (χ3n) is 4.55. The molecule has 0 saturated heterocycles. The van der Waals surface area contributed by atoms with Crippen molar-refractivity contribution in [2.75, 3.05) is 0 Å². The van der Waals surface area contributed by atoms with E-state index in [4.69, 9.17) is 0 Å². The van der Waals surface area contributed by atoms with Crippen molar-refractivity contribution in [3.05, 3.63) is 75.3 Å². The number of imide groups is 1. The van der Waals surface area contributed by atoms with E-state index in [9.17, 15) is 24.5 Å². The number of hydrogen-bond acceptors (Lipinski definition) is 5. The van der Waals surface area contributed by atoms with Gasteiger partial charge in [0.05, 0.1) is 16.5 Å². The van der Waals surface area contributed by atoms with E-state index in [1.165, 1.54) is 19.1 Å². The van der Waals surface area contributed by atoms with Crippen molar-refractivity contribution in [2.45, 2.75) is 25.9 Å². The third-order valence-corrected chi connectivity index (χ3v) is 4.55. The second-order valence-electron chi connectivity index (χ2n) is 6.25. The predicted octanol–water partition coefficient (Wildman–Crippen LogP) is 2.46. The van der Waals surface area contributed by atoms with Crippen LogP contribution >= 0.6 is 0 Å². The molecule has 2 aromatic rings. The molecule has 3 rings (SSSR count). The standard InChI is InChI=1S/C19H17N3O5/c1-11(13-7-4-3-5-8-13)20-17(23)12(2)21-18(24)14-9-6-10-15(22(26)27)16(14)19(21)25/h3-12H,1-2H3,(H,20,23)/t11-,12+/m0/s1. The summed E-state index contributed by atoms with van der Waals surface area (Å²) in [5.74, 6) is -2.07. The number of nitrogens with zero attached hydrogens (tertiary/aromatic N) is 2. The van der Waals surface area contributed by atoms with Crippen LogP contribution in [-0.4, -0.2) is 33.6 Å². The lowest BCUT2D eigenvalue weighted by Gasteiger charge is -2.24. The summed E-state index contributed by atoms with van der Waals surface area (Å²) in [4.78, 5) is 49.1. The number of carbonyl (C=O) groups is 3. The van der Waals surface area contributed by atoms with Crippen molar-refractivity contribution < 1.29 is 19.3 Å². The fourth-order valence-corrected chi connectivity index (χ4v) is 3.07. The largest absolute Gasteiger partial charge is 0.348 e. The smallest absolute Gasteiger partial charge is 0.282 e. The summed E-state index contributed by atoms with van der Waals surface area (Å²) in [6.07, 6.45) is 0. The Bertz CT molecular complexity index is 942. The van der Waals surface area contributed by atoms with Crippen LogP contribution in [0.15, 0.2) is 48.5 Å². The molecule has 1 heterocycles. The van der Waals surface area contributed by atoms with Crippen molar-refractivity contribution in [3.63, 3.8) is 0 Å². The lowest BCUT2D eigenvalue weighted by atomic mass is 10.1. The Hall–Kier alpha value is -3.55. The second kappa shape index (κ2) is 6.99. The minimum atomic E-state index is -1.11. The minimum Gasteiger partial charge on any atom is -0.348 e. The van der Waals surface area contributed by atoms with Gasteiger partial charge < -0.3 is 5.32 Å². The highest BCUT2D eigenvalue weighted by Crippen LogP contribution is 2.32. The summed E-state index contributed by atoms with van der Waals surface area (Å²) in [6.45, 7) is 3.20. The molecule has 0 fully saturated rings. The molecule has 0 radical (unpaired) electrons. The highest BCUT2D eigenvalue weighted by atomic mass is 16.6. The summed E-state index contributed by atoms with van der Waals surface area (Å²) in [5.41, 5.74) is 0.0860. The van der Waals surface area contributed by atoms with Crippen LogP contribution in [0.1, 0.15) is 46.2 Å². The average Bonchev–Trinajstić information content (AvgIpc) is 2.92. The molecule has 1 aliphatic rings. The molecule has 2 atom stereocenters. The predicted molar refractivity (Wildman–Crippen MR) is 96.1 cm³/mol. The number of hydrogen-bond donors (Lipinski definition) is 1. The number of nitro groups is 1. The van der Waals surface area contributed by atoms with Crippen molar-refractivity contribution >= 4 is 23.4 Å². The minimum absolute atomic E-state index is 0.0649. The summed E-state index contributed by atoms with van der Waals surface area (Å²) < 4.78 is 0. The van der Waals surface area contributed by atoms with Crippen molar-refractivity contribution in [3.8, 4) is 0 Å². The van der Waals surface area contributed by atoms with Gasteiger partial charge in [-0.2, -0.15) is 0 Å². The number of amides is 3. The van der Waals surface area contributed by atoms with E-state index in [0.29, 0.717) is 0 Å².